The van der Waals surface area contributed by atoms with Crippen LogP contribution in [0.4, 0.5) is 0 Å². The van der Waals surface area contributed by atoms with Crippen LogP contribution in [0.1, 0.15) is 41.0 Å². The first-order valence-corrected chi connectivity index (χ1v) is 41.8. The van der Waals surface area contributed by atoms with Crippen molar-refractivity contribution < 1.29 is 267 Å². The van der Waals surface area contributed by atoms with Crippen LogP contribution in [0.2, 0.25) is 0 Å². The standard InChI is InChI=1S/C73H121N5O54/c1-17-38(93)49(104)53(108)67(117-17)114-15-31-58(46(101)34(63(111)118-31)74-18(2)86)126-65-36(76-20(4)88)47(102)57(28(12-84)122-65)128-69-55(110)60(44(99)29(124-69)14-115-70-61(51(106)41(96)25(9-81)120-70)130-64-35(75-19(3)87)45(100)40(95)24(8-80)119-64)129-71-62(52(107)42(97)26(10-82)121-71)131-66-37(77-21(5)89)48(103)56(27(11-83)123-66)127-68-54(109)50(105)43(98)30(125-68)16-116-73(72(112)113)6-22(90)33(78-32(92)13-85)59(132-73)39(94)23(91)7-79/h17,22-31,33-71,79-85,90-91,93-111H,6-16H2,1-5H3,(H,74,86)(H,75,87)(H,76,88)(H,77,89)(H,78,92)(H,112,113)/t17-,22-,23+,24+,25+,26+,27+,28+,29+,30+,31+,33+,34+,35+,36+,37+,38+,39+,40+,41+,42+,43-,44+,45+,46+,47+,48+,49+,50-,51-,52-,53-,54+,55-,56+,57+,58+,59+,60-,61-,62-,63+,64-,65-,66-,67+,68-,69-,70-,71+,73+/m0/s1. The predicted octanol–water partition coefficient (Wildman–Crippen LogP) is -22.9. The van der Waals surface area contributed by atoms with Gasteiger partial charge in [-0.25, -0.2) is 4.79 Å². The van der Waals surface area contributed by atoms with Crippen LogP contribution < -0.4 is 26.6 Å². The van der Waals surface area contributed by atoms with Gasteiger partial charge in [0, 0.05) is 34.1 Å². The molecule has 0 aliphatic carbocycles. The molecule has 0 radical (unpaired) electrons. The molecule has 0 aromatic heterocycles. The maximum Gasteiger partial charge on any atom is 0.364 e. The van der Waals surface area contributed by atoms with E-state index < -0.39 is 420 Å². The third kappa shape index (κ3) is 24.3. The third-order valence-electron chi connectivity index (χ3n) is 23.9. The molecule has 5 amide bonds. The summed E-state index contributed by atoms with van der Waals surface area (Å²) >= 11 is 0. The fraction of sp³-hybridized carbons (Fsp3) is 0.918. The van der Waals surface area contributed by atoms with Crippen molar-refractivity contribution in [3.63, 3.8) is 0 Å². The highest BCUT2D eigenvalue weighted by Gasteiger charge is 2.63. The SMILES string of the molecule is CC(=O)N[C@@H]1[C@@H](O)[C@H](O[C@@H]2O[C@H](CO)[C@@H](O[C@@H]3O[C@H](CO[C@H]4O[C@H](CO)[C@@H](O)[C@H](O)[C@@H]4O[C@@H]4O[C@H](CO)[C@@H](O)[C@H](O)[C@H]4NC(C)=O)[C@@H](O)[C@H](O[C@H]4O[C@H](CO)[C@@H](O)[C@H](O)[C@@H]4O[C@@H]4O[C@H](CO)[C@@H](O[C@@H]5O[C@H](CO[C@]6(C(=O)O)C[C@H](O)[C@@H](NC(=O)CO)[C@H]([C@H](O)[C@H](O)CO)O6)[C@H](O)[C@H](O)[C@H]5O)[C@H](O)[C@H]4NC(C)=O)[C@@H]3O)[C@H](O)[C@H]2NC(C)=O)[C@@H](CO[C@@H]2O[C@@H](C)[C@@H](O)[C@@H](O)[C@@H]2O)O[C@H]1O. The predicted molar refractivity (Wildman–Crippen MR) is 405 cm³/mol. The van der Waals surface area contributed by atoms with Crippen molar-refractivity contribution in [2.24, 2.45) is 0 Å². The first kappa shape index (κ1) is 109. The summed E-state index contributed by atoms with van der Waals surface area (Å²) < 4.78 is 113. The molecule has 10 aliphatic heterocycles. The molecule has 59 heteroatoms. The Balaban J connectivity index is 0.959. The van der Waals surface area contributed by atoms with E-state index >= 15 is 0 Å². The van der Waals surface area contributed by atoms with Crippen molar-refractivity contribution in [1.29, 1.82) is 0 Å². The molecule has 0 aromatic rings. The van der Waals surface area contributed by atoms with E-state index in [1.165, 1.54) is 6.92 Å². The van der Waals surface area contributed by atoms with Crippen LogP contribution in [-0.4, -0.2) is 562 Å². The normalized spacial score (nSPS) is 47.2. The van der Waals surface area contributed by atoms with Gasteiger partial charge >= 0.3 is 5.97 Å². The second kappa shape index (κ2) is 47.3. The van der Waals surface area contributed by atoms with Gasteiger partial charge in [-0.1, -0.05) is 0 Å². The summed E-state index contributed by atoms with van der Waals surface area (Å²) in [5, 5.41) is 335. The summed E-state index contributed by atoms with van der Waals surface area (Å²) in [4.78, 5) is 76.9. The molecule has 0 bridgehead atoms. The van der Waals surface area contributed by atoms with Gasteiger partial charge in [-0.3, -0.25) is 24.0 Å². The van der Waals surface area contributed by atoms with Crippen molar-refractivity contribution in [1.82, 2.24) is 26.6 Å². The van der Waals surface area contributed by atoms with Crippen molar-refractivity contribution in [3.05, 3.63) is 0 Å². The van der Waals surface area contributed by atoms with Gasteiger partial charge in [0.25, 0.3) is 5.79 Å². The maximum absolute atomic E-state index is 13.3. The van der Waals surface area contributed by atoms with E-state index in [2.05, 4.69) is 26.6 Å². The number of amides is 5. The topological polar surface area (TPSA) is 925 Å². The fourth-order valence-corrected chi connectivity index (χ4v) is 16.8. The molecule has 0 saturated carbocycles. The lowest BCUT2D eigenvalue weighted by atomic mass is 9.88. The number of carbonyl (C=O) groups excluding carboxylic acids is 5. The van der Waals surface area contributed by atoms with Crippen LogP contribution in [0.3, 0.4) is 0 Å². The Labute approximate surface area is 746 Å². The van der Waals surface area contributed by atoms with Gasteiger partial charge in [-0.2, -0.15) is 0 Å². The minimum absolute atomic E-state index is 0.854. The highest BCUT2D eigenvalue weighted by molar-refractivity contribution is 5.78. The van der Waals surface area contributed by atoms with Crippen molar-refractivity contribution in [2.75, 3.05) is 66.1 Å². The smallest absolute Gasteiger partial charge is 0.364 e. The lowest BCUT2D eigenvalue weighted by molar-refractivity contribution is -0.399. The van der Waals surface area contributed by atoms with Crippen LogP contribution in [0, 0.1) is 0 Å². The number of hydrogen-bond donors (Lipinski definition) is 34. The van der Waals surface area contributed by atoms with E-state index in [0.29, 0.717) is 0 Å². The highest BCUT2D eigenvalue weighted by atomic mass is 16.8. The minimum Gasteiger partial charge on any atom is -0.477 e. The van der Waals surface area contributed by atoms with Gasteiger partial charge in [0.05, 0.1) is 77.7 Å². The number of nitrogens with one attached hydrogen (secondary N) is 5. The van der Waals surface area contributed by atoms with Gasteiger partial charge in [0.15, 0.2) is 56.6 Å². The molecule has 0 spiro atoms. The van der Waals surface area contributed by atoms with Gasteiger partial charge < -0.3 is 265 Å². The lowest BCUT2D eigenvalue weighted by Gasteiger charge is -2.51. The molecular formula is C73H121N5O54. The zero-order valence-corrected chi connectivity index (χ0v) is 70.8. The molecule has 51 atom stereocenters. The molecule has 34 N–H and O–H groups in total. The van der Waals surface area contributed by atoms with Crippen LogP contribution in [0.25, 0.3) is 0 Å². The monoisotopic (exact) mass is 1930 g/mol. The van der Waals surface area contributed by atoms with Crippen LogP contribution in [-0.2, 0) is 119 Å². The summed E-state index contributed by atoms with van der Waals surface area (Å²) in [7, 11) is 0. The van der Waals surface area contributed by atoms with E-state index in [0.717, 1.165) is 27.7 Å². The Morgan fingerprint density at radius 1 is 0.341 bits per heavy atom. The van der Waals surface area contributed by atoms with Gasteiger partial charge in [0.2, 0.25) is 29.5 Å². The molecule has 762 valence electrons. The summed E-state index contributed by atoms with van der Waals surface area (Å²) in [5.41, 5.74) is 0. The Morgan fingerprint density at radius 3 is 1.20 bits per heavy atom. The van der Waals surface area contributed by atoms with E-state index in [-0.39, 0.29) is 0 Å². The maximum atomic E-state index is 13.3. The Kier molecular flexibility index (Phi) is 39.0. The molecule has 132 heavy (non-hydrogen) atoms. The largest absolute Gasteiger partial charge is 0.477 e. The average Bonchev–Trinajstić information content (AvgIpc) is 0.767. The number of carboxylic acid groups (broad SMARTS) is 1. The molecule has 10 rings (SSSR count). The zero-order valence-electron chi connectivity index (χ0n) is 70.8. The summed E-state index contributed by atoms with van der Waals surface area (Å²) in [5.74, 6) is -10.3. The van der Waals surface area contributed by atoms with Crippen molar-refractivity contribution >= 4 is 35.5 Å². The number of hydrogen-bond acceptors (Lipinski definition) is 53. The molecule has 0 unspecified atom stereocenters. The van der Waals surface area contributed by atoms with Crippen LogP contribution in [0.5, 0.6) is 0 Å². The zero-order chi connectivity index (χ0) is 97.6. The number of aliphatic carboxylic acids is 1. The highest BCUT2D eigenvalue weighted by Crippen LogP contribution is 2.42. The first-order valence-electron chi connectivity index (χ1n) is 41.8. The summed E-state index contributed by atoms with van der Waals surface area (Å²) in [6.07, 6.45) is -98.3. The Hall–Kier alpha value is -5.06. The lowest BCUT2D eigenvalue weighted by Crippen LogP contribution is -2.71. The number of ether oxygens (including phenoxy) is 19. The van der Waals surface area contributed by atoms with Gasteiger partial charge in [-0.05, 0) is 6.92 Å². The summed E-state index contributed by atoms with van der Waals surface area (Å²) in [6.45, 7) is -6.81. The Bertz CT molecular complexity index is 3680. The fourth-order valence-electron chi connectivity index (χ4n) is 16.8. The average molecular weight is 1930 g/mol. The number of aliphatic hydroxyl groups is 28. The first-order chi connectivity index (χ1) is 62.2. The number of aliphatic hydroxyl groups excluding tert-OH is 28. The van der Waals surface area contributed by atoms with Crippen LogP contribution >= 0.6 is 0 Å². The molecular weight excluding hydrogens is 1810 g/mol. The second-order valence-corrected chi connectivity index (χ2v) is 33.2. The number of rotatable bonds is 36. The van der Waals surface area contributed by atoms with Gasteiger partial charge in [-0.15, -0.1) is 0 Å². The van der Waals surface area contributed by atoms with Gasteiger partial charge in [0.1, 0.15) is 238 Å². The molecule has 10 aliphatic rings. The molecule has 0 aromatic carbocycles. The van der Waals surface area contributed by atoms with Crippen molar-refractivity contribution in [2.45, 2.75) is 353 Å². The number of carbonyl (C=O) groups is 6. The summed E-state index contributed by atoms with van der Waals surface area (Å²) in [6, 6.07) is -9.58. The Morgan fingerprint density at radius 2 is 0.712 bits per heavy atom. The van der Waals surface area contributed by atoms with E-state index in [1.54, 1.807) is 0 Å². The van der Waals surface area contributed by atoms with Crippen LogP contribution in [0.15, 0.2) is 0 Å². The quantitative estimate of drug-likeness (QED) is 0.0277. The minimum atomic E-state index is -3.17. The third-order valence-corrected chi connectivity index (χ3v) is 23.9. The van der Waals surface area contributed by atoms with E-state index in [9.17, 15) is 177 Å². The molecule has 59 nitrogen and oxygen atoms in total. The molecule has 10 saturated heterocycles. The van der Waals surface area contributed by atoms with E-state index in [1.807, 2.05) is 0 Å². The number of carboxylic acids is 1. The van der Waals surface area contributed by atoms with Crippen molar-refractivity contribution in [3.8, 4) is 0 Å². The molecule has 10 fully saturated rings. The van der Waals surface area contributed by atoms with E-state index in [4.69, 9.17) is 90.0 Å². The second-order valence-electron chi connectivity index (χ2n) is 33.2. The molecule has 10 heterocycles.